The van der Waals surface area contributed by atoms with Gasteiger partial charge in [0.25, 0.3) is 5.56 Å². The molecule has 0 fully saturated rings. The Labute approximate surface area is 152 Å². The summed E-state index contributed by atoms with van der Waals surface area (Å²) in [7, 11) is 3.28. The van der Waals surface area contributed by atoms with Crippen LogP contribution in [0.2, 0.25) is 0 Å². The van der Waals surface area contributed by atoms with Crippen LogP contribution in [0.5, 0.6) is 17.2 Å². The minimum Gasteiger partial charge on any atom is -0.493 e. The maximum Gasteiger partial charge on any atom is 0.312 e. The first-order valence-electron chi connectivity index (χ1n) is 8.57. The number of aryl methyl sites for hydroxylation is 1. The van der Waals surface area contributed by atoms with Gasteiger partial charge in [-0.15, -0.1) is 0 Å². The molecule has 3 rings (SSSR count). The highest BCUT2D eigenvalue weighted by Gasteiger charge is 2.32. The van der Waals surface area contributed by atoms with E-state index in [9.17, 15) is 9.59 Å². The first-order valence-corrected chi connectivity index (χ1v) is 8.57. The topological polar surface area (TPSA) is 66.8 Å². The lowest BCUT2D eigenvalue weighted by molar-refractivity contribution is -0.135. The Morgan fingerprint density at radius 1 is 1.19 bits per heavy atom. The summed E-state index contributed by atoms with van der Waals surface area (Å²) in [5, 5.41) is 0. The lowest BCUT2D eigenvalue weighted by Crippen LogP contribution is -2.32. The minimum atomic E-state index is -0.382. The Hall–Kier alpha value is -2.76. The molecule has 6 nitrogen and oxygen atoms in total. The van der Waals surface area contributed by atoms with Gasteiger partial charge in [-0.3, -0.25) is 9.59 Å². The highest BCUT2D eigenvalue weighted by molar-refractivity contribution is 5.77. The third-order valence-electron chi connectivity index (χ3n) is 4.57. The van der Waals surface area contributed by atoms with E-state index in [1.807, 2.05) is 32.0 Å². The van der Waals surface area contributed by atoms with E-state index >= 15 is 0 Å². The zero-order valence-electron chi connectivity index (χ0n) is 15.7. The van der Waals surface area contributed by atoms with Gasteiger partial charge in [0.1, 0.15) is 5.75 Å². The second-order valence-corrected chi connectivity index (χ2v) is 6.74. The van der Waals surface area contributed by atoms with Crippen molar-refractivity contribution in [2.45, 2.75) is 39.2 Å². The number of pyridine rings is 1. The Bertz CT molecular complexity index is 913. The van der Waals surface area contributed by atoms with Crippen molar-refractivity contribution in [2.75, 3.05) is 7.11 Å². The Kier molecular flexibility index (Phi) is 4.76. The molecular formula is C20H23NO5. The van der Waals surface area contributed by atoms with Crippen LogP contribution >= 0.6 is 0 Å². The molecule has 1 aliphatic rings. The average Bonchev–Trinajstić information content (AvgIpc) is 2.58. The van der Waals surface area contributed by atoms with Crippen molar-refractivity contribution in [1.82, 2.24) is 4.57 Å². The fourth-order valence-electron chi connectivity index (χ4n) is 3.19. The van der Waals surface area contributed by atoms with E-state index in [0.717, 1.165) is 11.3 Å². The van der Waals surface area contributed by atoms with Crippen LogP contribution in [0.3, 0.4) is 0 Å². The Morgan fingerprint density at radius 3 is 2.58 bits per heavy atom. The average molecular weight is 357 g/mol. The number of benzene rings is 1. The summed E-state index contributed by atoms with van der Waals surface area (Å²) in [5.41, 5.74) is 1.90. The van der Waals surface area contributed by atoms with Crippen LogP contribution in [-0.4, -0.2) is 23.8 Å². The molecule has 0 aliphatic carbocycles. The molecule has 2 heterocycles. The number of hydrogen-bond acceptors (Lipinski definition) is 5. The van der Waals surface area contributed by atoms with Crippen molar-refractivity contribution >= 4 is 5.97 Å². The van der Waals surface area contributed by atoms with Crippen LogP contribution < -0.4 is 19.8 Å². The van der Waals surface area contributed by atoms with Crippen molar-refractivity contribution in [3.63, 3.8) is 0 Å². The number of aromatic nitrogens is 1. The maximum absolute atomic E-state index is 12.8. The molecule has 1 aliphatic heterocycles. The number of ether oxygens (including phenoxy) is 3. The molecule has 1 unspecified atom stereocenters. The molecule has 2 aromatic rings. The number of hydrogen-bond donors (Lipinski definition) is 0. The van der Waals surface area contributed by atoms with E-state index in [1.165, 1.54) is 0 Å². The van der Waals surface area contributed by atoms with Crippen molar-refractivity contribution in [1.29, 1.82) is 0 Å². The first kappa shape index (κ1) is 18.0. The second kappa shape index (κ2) is 6.86. The predicted octanol–water partition coefficient (Wildman–Crippen LogP) is 2.93. The smallest absolute Gasteiger partial charge is 0.312 e. The maximum atomic E-state index is 12.8. The van der Waals surface area contributed by atoms with E-state index in [1.54, 1.807) is 31.7 Å². The van der Waals surface area contributed by atoms with Crippen molar-refractivity contribution in [2.24, 2.45) is 7.05 Å². The predicted molar refractivity (Wildman–Crippen MR) is 97.3 cm³/mol. The van der Waals surface area contributed by atoms with E-state index < -0.39 is 0 Å². The lowest BCUT2D eigenvalue weighted by Gasteiger charge is -2.26. The summed E-state index contributed by atoms with van der Waals surface area (Å²) in [6.07, 6.45) is 0.120. The molecule has 0 N–H and O–H groups in total. The van der Waals surface area contributed by atoms with Crippen LogP contribution in [0.15, 0.2) is 29.1 Å². The second-order valence-electron chi connectivity index (χ2n) is 6.74. The Balaban J connectivity index is 2.12. The quantitative estimate of drug-likeness (QED) is 0.787. The van der Waals surface area contributed by atoms with Gasteiger partial charge in [0.2, 0.25) is 0 Å². The number of fused-ring (bicyclic) bond motifs is 1. The van der Waals surface area contributed by atoms with Crippen LogP contribution in [0.1, 0.15) is 43.0 Å². The molecule has 0 spiro atoms. The van der Waals surface area contributed by atoms with Gasteiger partial charge in [0, 0.05) is 24.7 Å². The molecule has 1 aromatic carbocycles. The van der Waals surface area contributed by atoms with E-state index in [0.29, 0.717) is 22.8 Å². The van der Waals surface area contributed by atoms with Crippen LogP contribution in [0.25, 0.3) is 0 Å². The molecule has 0 amide bonds. The third kappa shape index (κ3) is 3.19. The molecule has 138 valence electrons. The summed E-state index contributed by atoms with van der Waals surface area (Å²) in [5.74, 6) is 0.805. The van der Waals surface area contributed by atoms with E-state index in [-0.39, 0.29) is 30.0 Å². The van der Waals surface area contributed by atoms with E-state index in [2.05, 4.69) is 0 Å². The van der Waals surface area contributed by atoms with Crippen LogP contribution in [0, 0.1) is 6.92 Å². The molecule has 0 bridgehead atoms. The van der Waals surface area contributed by atoms with Crippen molar-refractivity contribution < 1.29 is 19.0 Å². The van der Waals surface area contributed by atoms with Crippen molar-refractivity contribution in [3.05, 3.63) is 51.4 Å². The minimum absolute atomic E-state index is 0.00963. The van der Waals surface area contributed by atoms with Gasteiger partial charge in [-0.2, -0.15) is 0 Å². The molecule has 0 saturated carbocycles. The fourth-order valence-corrected chi connectivity index (χ4v) is 3.19. The summed E-state index contributed by atoms with van der Waals surface area (Å²) in [4.78, 5) is 24.9. The van der Waals surface area contributed by atoms with Gasteiger partial charge < -0.3 is 18.8 Å². The largest absolute Gasteiger partial charge is 0.493 e. The number of carbonyl (C=O) groups excluding carboxylic acids is 1. The highest BCUT2D eigenvalue weighted by atomic mass is 16.5. The van der Waals surface area contributed by atoms with Gasteiger partial charge in [0.15, 0.2) is 11.5 Å². The first-order chi connectivity index (χ1) is 12.3. The molecular weight excluding hydrogens is 334 g/mol. The zero-order valence-corrected chi connectivity index (χ0v) is 15.7. The van der Waals surface area contributed by atoms with Gasteiger partial charge in [0.05, 0.1) is 25.2 Å². The fraction of sp³-hybridized carbons (Fsp3) is 0.400. The molecule has 26 heavy (non-hydrogen) atoms. The van der Waals surface area contributed by atoms with Gasteiger partial charge >= 0.3 is 5.97 Å². The van der Waals surface area contributed by atoms with Crippen LogP contribution in [-0.2, 0) is 11.8 Å². The Morgan fingerprint density at radius 2 is 1.92 bits per heavy atom. The molecule has 1 atom stereocenters. The SMILES string of the molecule is COc1cc(C2CC(=O)Oc3cc(C)n(C)c(=O)c32)ccc1OC(C)C. The zero-order chi connectivity index (χ0) is 19.0. The van der Waals surface area contributed by atoms with Crippen molar-refractivity contribution in [3.8, 4) is 17.2 Å². The van der Waals surface area contributed by atoms with Gasteiger partial charge in [-0.05, 0) is 38.5 Å². The van der Waals surface area contributed by atoms with Crippen LogP contribution in [0.4, 0.5) is 0 Å². The normalized spacial score (nSPS) is 16.2. The van der Waals surface area contributed by atoms with Gasteiger partial charge in [-0.1, -0.05) is 6.07 Å². The lowest BCUT2D eigenvalue weighted by atomic mass is 9.86. The van der Waals surface area contributed by atoms with Gasteiger partial charge in [-0.25, -0.2) is 0 Å². The summed E-state index contributed by atoms with van der Waals surface area (Å²) < 4.78 is 18.1. The molecule has 6 heteroatoms. The number of rotatable bonds is 4. The third-order valence-corrected chi connectivity index (χ3v) is 4.57. The summed E-state index contributed by atoms with van der Waals surface area (Å²) in [6, 6.07) is 7.23. The standard InChI is InChI=1S/C20H23NO5/c1-11(2)25-15-7-6-13(9-16(15)24-5)14-10-18(22)26-17-8-12(3)21(4)20(23)19(14)17/h6-9,11,14H,10H2,1-5H3. The number of nitrogens with zero attached hydrogens (tertiary/aromatic N) is 1. The summed E-state index contributed by atoms with van der Waals surface area (Å²) >= 11 is 0. The number of methoxy groups -OCH3 is 1. The number of carbonyl (C=O) groups is 1. The monoisotopic (exact) mass is 357 g/mol. The molecule has 0 radical (unpaired) electrons. The highest BCUT2D eigenvalue weighted by Crippen LogP contribution is 2.40. The summed E-state index contributed by atoms with van der Waals surface area (Å²) in [6.45, 7) is 5.68. The molecule has 0 saturated heterocycles. The molecule has 1 aromatic heterocycles. The number of esters is 1. The van der Waals surface area contributed by atoms with E-state index in [4.69, 9.17) is 14.2 Å².